The van der Waals surface area contributed by atoms with Gasteiger partial charge in [-0.2, -0.15) is 0 Å². The molecule has 2 unspecified atom stereocenters. The number of nitrogens with one attached hydrogen (secondary N) is 2. The molecule has 1 amide bonds. The van der Waals surface area contributed by atoms with Crippen LogP contribution in [0.25, 0.3) is 0 Å². The van der Waals surface area contributed by atoms with Gasteiger partial charge in [0.05, 0.1) is 5.70 Å². The molecule has 2 aliphatic heterocycles. The van der Waals surface area contributed by atoms with Gasteiger partial charge >= 0.3 is 0 Å². The zero-order chi connectivity index (χ0) is 24.6. The number of carbonyl (C=O) groups is 1. The van der Waals surface area contributed by atoms with Crippen molar-refractivity contribution in [1.82, 2.24) is 0 Å². The standard InChI is InChI=1S/C24H27F2N5O3/c1-13-9-17(4-5-19(13)31-7-2-3-20(31)32)30-8-6-18(21(27)23(28)33)22(24(30)34)29-16-11-14(25)10-15(26)12-16/h4-5,9-12,20,24,27,29,32,34H,2-3,6-8H2,1H3,(H2,28,33). The number of amides is 1. The summed E-state index contributed by atoms with van der Waals surface area (Å²) < 4.78 is 27.5. The van der Waals surface area contributed by atoms with E-state index in [0.717, 1.165) is 42.4 Å². The minimum Gasteiger partial charge on any atom is -0.374 e. The van der Waals surface area contributed by atoms with E-state index in [0.29, 0.717) is 12.1 Å². The Bertz CT molecular complexity index is 1150. The van der Waals surface area contributed by atoms with E-state index >= 15 is 0 Å². The molecule has 10 heteroatoms. The second-order valence-corrected chi connectivity index (χ2v) is 8.52. The lowest BCUT2D eigenvalue weighted by Crippen LogP contribution is -2.45. The summed E-state index contributed by atoms with van der Waals surface area (Å²) in [5.41, 5.74) is 7.57. The molecular weight excluding hydrogens is 444 g/mol. The van der Waals surface area contributed by atoms with Gasteiger partial charge in [0.25, 0.3) is 5.91 Å². The van der Waals surface area contributed by atoms with Gasteiger partial charge in [-0.05, 0) is 62.1 Å². The van der Waals surface area contributed by atoms with E-state index in [1.165, 1.54) is 0 Å². The Morgan fingerprint density at radius 3 is 2.41 bits per heavy atom. The SMILES string of the molecule is Cc1cc(N2CCC(C(=N)C(N)=O)=C(Nc3cc(F)cc(F)c3)C2O)ccc1N1CCCC1O. The zero-order valence-corrected chi connectivity index (χ0v) is 18.7. The number of anilines is 3. The van der Waals surface area contributed by atoms with Gasteiger partial charge in [0.2, 0.25) is 0 Å². The Balaban J connectivity index is 1.68. The van der Waals surface area contributed by atoms with Crippen molar-refractivity contribution in [3.05, 3.63) is 64.9 Å². The van der Waals surface area contributed by atoms with Gasteiger partial charge in [-0.25, -0.2) is 8.78 Å². The van der Waals surface area contributed by atoms with Crippen LogP contribution in [0.5, 0.6) is 0 Å². The van der Waals surface area contributed by atoms with Crippen molar-refractivity contribution in [2.45, 2.75) is 38.6 Å². The molecule has 4 rings (SSSR count). The normalized spacial score (nSPS) is 20.6. The van der Waals surface area contributed by atoms with Crippen molar-refractivity contribution in [1.29, 1.82) is 5.41 Å². The minimum atomic E-state index is -1.34. The highest BCUT2D eigenvalue weighted by atomic mass is 19.1. The third-order valence-electron chi connectivity index (χ3n) is 6.21. The highest BCUT2D eigenvalue weighted by Crippen LogP contribution is 2.34. The fourth-order valence-electron chi connectivity index (χ4n) is 4.57. The van der Waals surface area contributed by atoms with E-state index < -0.39 is 35.7 Å². The van der Waals surface area contributed by atoms with E-state index in [4.69, 9.17) is 11.1 Å². The molecule has 2 aliphatic rings. The zero-order valence-electron chi connectivity index (χ0n) is 18.7. The van der Waals surface area contributed by atoms with E-state index in [1.54, 1.807) is 4.90 Å². The fourth-order valence-corrected chi connectivity index (χ4v) is 4.57. The van der Waals surface area contributed by atoms with Crippen LogP contribution in [0.2, 0.25) is 0 Å². The summed E-state index contributed by atoms with van der Waals surface area (Å²) >= 11 is 0. The van der Waals surface area contributed by atoms with Crippen molar-refractivity contribution >= 4 is 28.7 Å². The molecule has 180 valence electrons. The largest absolute Gasteiger partial charge is 0.374 e. The van der Waals surface area contributed by atoms with E-state index in [2.05, 4.69) is 5.32 Å². The number of nitrogens with two attached hydrogens (primary N) is 1. The number of primary amides is 1. The summed E-state index contributed by atoms with van der Waals surface area (Å²) in [6.45, 7) is 2.95. The Morgan fingerprint density at radius 2 is 1.82 bits per heavy atom. The fraction of sp³-hybridized carbons (Fsp3) is 0.333. The molecule has 2 aromatic carbocycles. The van der Waals surface area contributed by atoms with Gasteiger partial charge < -0.3 is 31.1 Å². The van der Waals surface area contributed by atoms with Crippen LogP contribution in [0, 0.1) is 24.0 Å². The van der Waals surface area contributed by atoms with Crippen molar-refractivity contribution in [3.63, 3.8) is 0 Å². The Morgan fingerprint density at radius 1 is 1.12 bits per heavy atom. The molecule has 0 bridgehead atoms. The summed E-state index contributed by atoms with van der Waals surface area (Å²) in [6.07, 6.45) is -0.0519. The smallest absolute Gasteiger partial charge is 0.266 e. The Kier molecular flexibility index (Phi) is 6.54. The number of hydrogen-bond acceptors (Lipinski definition) is 7. The minimum absolute atomic E-state index is 0.0257. The number of aliphatic hydroxyl groups is 2. The first kappa shape index (κ1) is 23.7. The van der Waals surface area contributed by atoms with Crippen molar-refractivity contribution in [2.24, 2.45) is 5.73 Å². The average Bonchev–Trinajstić information content (AvgIpc) is 3.19. The molecule has 0 spiro atoms. The van der Waals surface area contributed by atoms with Gasteiger partial charge in [0, 0.05) is 41.8 Å². The van der Waals surface area contributed by atoms with Crippen LogP contribution in [-0.4, -0.2) is 47.4 Å². The molecule has 34 heavy (non-hydrogen) atoms. The van der Waals surface area contributed by atoms with Gasteiger partial charge in [-0.1, -0.05) is 0 Å². The van der Waals surface area contributed by atoms with Gasteiger partial charge in [0.1, 0.15) is 23.6 Å². The molecule has 1 fully saturated rings. The summed E-state index contributed by atoms with van der Waals surface area (Å²) in [4.78, 5) is 15.3. The molecule has 6 N–H and O–H groups in total. The molecular formula is C24H27F2N5O3. The predicted octanol–water partition coefficient (Wildman–Crippen LogP) is 2.59. The topological polar surface area (TPSA) is 126 Å². The first-order chi connectivity index (χ1) is 16.2. The molecule has 1 saturated heterocycles. The van der Waals surface area contributed by atoms with Crippen LogP contribution in [-0.2, 0) is 4.79 Å². The maximum Gasteiger partial charge on any atom is 0.266 e. The van der Waals surface area contributed by atoms with Crippen LogP contribution in [0.15, 0.2) is 47.7 Å². The van der Waals surface area contributed by atoms with E-state index in [9.17, 15) is 23.8 Å². The number of nitrogens with zero attached hydrogens (tertiary/aromatic N) is 2. The van der Waals surface area contributed by atoms with Crippen molar-refractivity contribution < 1.29 is 23.8 Å². The highest BCUT2D eigenvalue weighted by Gasteiger charge is 2.32. The quantitative estimate of drug-likeness (QED) is 0.413. The highest BCUT2D eigenvalue weighted by molar-refractivity contribution is 6.43. The number of aryl methyl sites for hydroxylation is 1. The van der Waals surface area contributed by atoms with Crippen LogP contribution < -0.4 is 20.9 Å². The average molecular weight is 472 g/mol. The third kappa shape index (κ3) is 4.59. The van der Waals surface area contributed by atoms with Crippen LogP contribution >= 0.6 is 0 Å². The number of rotatable bonds is 6. The summed E-state index contributed by atoms with van der Waals surface area (Å²) in [7, 11) is 0. The second kappa shape index (κ2) is 9.40. The number of aliphatic hydroxyl groups excluding tert-OH is 2. The van der Waals surface area contributed by atoms with Crippen LogP contribution in [0.1, 0.15) is 24.8 Å². The van der Waals surface area contributed by atoms with Crippen LogP contribution in [0.4, 0.5) is 25.8 Å². The van der Waals surface area contributed by atoms with Gasteiger partial charge in [-0.15, -0.1) is 0 Å². The number of carbonyl (C=O) groups excluding carboxylic acids is 1. The maximum atomic E-state index is 13.7. The Hall–Kier alpha value is -3.50. The predicted molar refractivity (Wildman–Crippen MR) is 126 cm³/mol. The van der Waals surface area contributed by atoms with E-state index in [-0.39, 0.29) is 29.9 Å². The third-order valence-corrected chi connectivity index (χ3v) is 6.21. The monoisotopic (exact) mass is 471 g/mol. The molecule has 0 aromatic heterocycles. The second-order valence-electron chi connectivity index (χ2n) is 8.52. The van der Waals surface area contributed by atoms with E-state index in [1.807, 2.05) is 30.0 Å². The van der Waals surface area contributed by atoms with Crippen molar-refractivity contribution in [3.8, 4) is 0 Å². The first-order valence-corrected chi connectivity index (χ1v) is 11.0. The lowest BCUT2D eigenvalue weighted by atomic mass is 9.97. The number of hydrogen-bond donors (Lipinski definition) is 5. The lowest BCUT2D eigenvalue weighted by molar-refractivity contribution is -0.112. The number of benzene rings is 2. The summed E-state index contributed by atoms with van der Waals surface area (Å²) in [5.74, 6) is -2.59. The molecule has 0 aliphatic carbocycles. The summed E-state index contributed by atoms with van der Waals surface area (Å²) in [5, 5.41) is 32.3. The molecule has 0 radical (unpaired) electrons. The molecule has 2 heterocycles. The maximum absolute atomic E-state index is 13.7. The van der Waals surface area contributed by atoms with Gasteiger partial charge in [0.15, 0.2) is 6.23 Å². The van der Waals surface area contributed by atoms with Gasteiger partial charge in [-0.3, -0.25) is 10.2 Å². The van der Waals surface area contributed by atoms with Crippen molar-refractivity contribution in [2.75, 3.05) is 28.2 Å². The number of halogens is 2. The lowest BCUT2D eigenvalue weighted by Gasteiger charge is -2.38. The Labute approximate surface area is 195 Å². The van der Waals surface area contributed by atoms with Crippen LogP contribution in [0.3, 0.4) is 0 Å². The molecule has 0 saturated carbocycles. The molecule has 2 aromatic rings. The summed E-state index contributed by atoms with van der Waals surface area (Å²) in [6, 6.07) is 8.40. The first-order valence-electron chi connectivity index (χ1n) is 11.0. The molecule has 8 nitrogen and oxygen atoms in total. The molecule has 2 atom stereocenters.